The molecule has 2 heterocycles. The van der Waals surface area contributed by atoms with Gasteiger partial charge in [-0.05, 0) is 61.1 Å². The van der Waals surface area contributed by atoms with Crippen LogP contribution >= 0.6 is 11.6 Å². The first kappa shape index (κ1) is 19.5. The molecule has 2 aliphatic heterocycles. The molecular weight excluding hydrogens is 397 g/mol. The zero-order valence-electron chi connectivity index (χ0n) is 16.1. The van der Waals surface area contributed by atoms with E-state index in [9.17, 15) is 9.18 Å². The monoisotopic (exact) mass is 417 g/mol. The third-order valence-corrected chi connectivity index (χ3v) is 5.39. The molecule has 1 amide bonds. The normalized spacial score (nSPS) is 16.4. The molecule has 29 heavy (non-hydrogen) atoms. The van der Waals surface area contributed by atoms with Gasteiger partial charge in [-0.15, -0.1) is 0 Å². The summed E-state index contributed by atoms with van der Waals surface area (Å²) in [5.74, 6) is 0.491. The van der Waals surface area contributed by atoms with E-state index in [0.717, 1.165) is 29.7 Å². The van der Waals surface area contributed by atoms with Gasteiger partial charge < -0.3 is 15.0 Å². The molecule has 1 atom stereocenters. The van der Waals surface area contributed by atoms with Crippen LogP contribution in [-0.4, -0.2) is 25.5 Å². The fourth-order valence-electron chi connectivity index (χ4n) is 3.64. The van der Waals surface area contributed by atoms with Crippen LogP contribution in [-0.2, 0) is 9.63 Å². The number of likely N-dealkylation sites (N-methyl/N-ethyl adjacent to an activating group) is 1. The molecule has 1 unspecified atom stereocenters. The highest BCUT2D eigenvalue weighted by molar-refractivity contribution is 6.46. The molecule has 5 rings (SSSR count). The lowest BCUT2D eigenvalue weighted by Gasteiger charge is -2.38. The lowest BCUT2D eigenvalue weighted by Crippen LogP contribution is -2.38. The van der Waals surface area contributed by atoms with Crippen LogP contribution in [0.4, 0.5) is 10.1 Å². The van der Waals surface area contributed by atoms with Gasteiger partial charge >= 0.3 is 0 Å². The molecular formula is C21H21ClFN3O3. The summed E-state index contributed by atoms with van der Waals surface area (Å²) < 4.78 is 12.5. The van der Waals surface area contributed by atoms with E-state index in [4.69, 9.17) is 16.4 Å². The summed E-state index contributed by atoms with van der Waals surface area (Å²) in [5.41, 5.74) is 3.21. The Kier molecular flexibility index (Phi) is 5.32. The summed E-state index contributed by atoms with van der Waals surface area (Å²) in [5, 5.41) is 8.73. The number of nitrogens with one attached hydrogen (secondary N) is 1. The number of hydrogen-bond acceptors (Lipinski definition) is 5. The molecule has 1 saturated carbocycles. The average molecular weight is 418 g/mol. The average Bonchev–Trinajstić information content (AvgIpc) is 3.55. The van der Waals surface area contributed by atoms with Gasteiger partial charge in [-0.3, -0.25) is 4.79 Å². The molecule has 2 aromatic carbocycles. The van der Waals surface area contributed by atoms with Crippen molar-refractivity contribution in [1.29, 1.82) is 0 Å². The molecule has 6 nitrogen and oxygen atoms in total. The zero-order chi connectivity index (χ0) is 20.5. The zero-order valence-corrected chi connectivity index (χ0v) is 16.9. The number of amides is 1. The van der Waals surface area contributed by atoms with Crippen molar-refractivity contribution in [2.24, 2.45) is 11.1 Å². The number of hydrogen-bond donors (Lipinski definition) is 1. The van der Waals surface area contributed by atoms with E-state index in [2.05, 4.69) is 15.3 Å². The highest BCUT2D eigenvalue weighted by atomic mass is 35.5. The fourth-order valence-corrected chi connectivity index (χ4v) is 3.76. The summed E-state index contributed by atoms with van der Waals surface area (Å²) >= 11 is 6.06. The van der Waals surface area contributed by atoms with Gasteiger partial charge in [0.05, 0.1) is 17.3 Å². The van der Waals surface area contributed by atoms with Gasteiger partial charge in [-0.2, -0.15) is 0 Å². The second-order valence-corrected chi connectivity index (χ2v) is 7.58. The Labute approximate surface area is 173 Å². The third-order valence-electron chi connectivity index (χ3n) is 5.14. The Morgan fingerprint density at radius 2 is 2.10 bits per heavy atom. The number of anilines is 1. The summed E-state index contributed by atoms with van der Waals surface area (Å²) in [6.07, 6.45) is 2.23. The van der Waals surface area contributed by atoms with Crippen molar-refractivity contribution in [2.45, 2.75) is 25.8 Å². The maximum atomic E-state index is 12.5. The summed E-state index contributed by atoms with van der Waals surface area (Å²) in [7, 11) is 1.48. The molecule has 0 spiro atoms. The molecule has 1 N–H and O–H groups in total. The number of fused-ring (bicyclic) bond motifs is 3. The van der Waals surface area contributed by atoms with Crippen molar-refractivity contribution in [2.75, 3.05) is 19.0 Å². The molecule has 1 aliphatic carbocycles. The van der Waals surface area contributed by atoms with Gasteiger partial charge in [-0.1, -0.05) is 28.9 Å². The van der Waals surface area contributed by atoms with Crippen LogP contribution in [0.1, 0.15) is 35.6 Å². The number of nitrogens with zero attached hydrogens (tertiary/aromatic N) is 2. The van der Waals surface area contributed by atoms with Crippen LogP contribution in [0.3, 0.4) is 0 Å². The number of halogens is 2. The molecule has 2 aromatic rings. The largest absolute Gasteiger partial charge is 0.378 e. The number of carbonyl (C=O) groups is 1. The lowest BCUT2D eigenvalue weighted by atomic mass is 9.98. The van der Waals surface area contributed by atoms with Crippen molar-refractivity contribution < 1.29 is 18.9 Å². The van der Waals surface area contributed by atoms with Gasteiger partial charge in [0.25, 0.3) is 12.8 Å². The predicted molar refractivity (Wildman–Crippen MR) is 109 cm³/mol. The smallest absolute Gasteiger partial charge is 0.273 e. The molecule has 0 radical (unpaired) electrons. The Balaban J connectivity index is 1.74. The summed E-state index contributed by atoms with van der Waals surface area (Å²) in [6, 6.07) is 11.6. The van der Waals surface area contributed by atoms with Crippen molar-refractivity contribution in [3.05, 3.63) is 58.1 Å². The van der Waals surface area contributed by atoms with Gasteiger partial charge in [0.1, 0.15) is 0 Å². The molecule has 0 aromatic heterocycles. The van der Waals surface area contributed by atoms with E-state index in [-0.39, 0.29) is 11.8 Å². The lowest BCUT2D eigenvalue weighted by molar-refractivity contribution is -0.114. The molecule has 3 aliphatic rings. The van der Waals surface area contributed by atoms with Crippen LogP contribution in [0.15, 0.2) is 41.6 Å². The quantitative estimate of drug-likeness (QED) is 0.538. The topological polar surface area (TPSA) is 63.2 Å². The van der Waals surface area contributed by atoms with Gasteiger partial charge in [0.15, 0.2) is 11.5 Å². The SMILES string of the molecule is CNC(=O)C(=NOCF)c1cc2cc(C)c1ON2C(c1ccc(Cl)cc1)C1CC1. The fraction of sp³-hybridized carbons (Fsp3) is 0.333. The Hall–Kier alpha value is -2.80. The first-order valence-corrected chi connectivity index (χ1v) is 9.77. The minimum absolute atomic E-state index is 0.0285. The first-order valence-electron chi connectivity index (χ1n) is 9.39. The van der Waals surface area contributed by atoms with E-state index in [1.165, 1.54) is 7.05 Å². The Morgan fingerprint density at radius 1 is 1.38 bits per heavy atom. The van der Waals surface area contributed by atoms with Crippen LogP contribution in [0, 0.1) is 12.8 Å². The maximum absolute atomic E-state index is 12.5. The number of carbonyl (C=O) groups excluding carboxylic acids is 1. The second-order valence-electron chi connectivity index (χ2n) is 7.15. The Bertz CT molecular complexity index is 960. The van der Waals surface area contributed by atoms with E-state index in [0.29, 0.717) is 22.3 Å². The van der Waals surface area contributed by atoms with Gasteiger partial charge in [-0.25, -0.2) is 9.45 Å². The number of hydroxylamine groups is 1. The van der Waals surface area contributed by atoms with E-state index in [1.54, 1.807) is 0 Å². The van der Waals surface area contributed by atoms with E-state index in [1.807, 2.05) is 48.4 Å². The van der Waals surface area contributed by atoms with Crippen molar-refractivity contribution in [1.82, 2.24) is 5.32 Å². The molecule has 8 heteroatoms. The number of benzene rings is 2. The predicted octanol–water partition coefficient (Wildman–Crippen LogP) is 4.31. The molecule has 152 valence electrons. The van der Waals surface area contributed by atoms with Crippen molar-refractivity contribution >= 4 is 28.9 Å². The van der Waals surface area contributed by atoms with Crippen LogP contribution < -0.4 is 15.2 Å². The first-order chi connectivity index (χ1) is 14.0. The highest BCUT2D eigenvalue weighted by Crippen LogP contribution is 2.49. The Morgan fingerprint density at radius 3 is 2.69 bits per heavy atom. The van der Waals surface area contributed by atoms with E-state index >= 15 is 0 Å². The van der Waals surface area contributed by atoms with Crippen molar-refractivity contribution in [3.8, 4) is 5.75 Å². The van der Waals surface area contributed by atoms with Gasteiger partial charge in [0, 0.05) is 12.1 Å². The van der Waals surface area contributed by atoms with Crippen molar-refractivity contribution in [3.63, 3.8) is 0 Å². The molecule has 2 bridgehead atoms. The number of alkyl halides is 1. The van der Waals surface area contributed by atoms with E-state index < -0.39 is 12.8 Å². The molecule has 0 saturated heterocycles. The standard InChI is InChI=1S/C21H21ClFN3O3/c1-12-9-16-10-17(18(21(27)24-2)25-28-11-23)20(12)29-26(16)19(13-3-4-13)14-5-7-15(22)8-6-14/h5-10,13,19H,3-4,11H2,1-2H3,(H,24,27). The van der Waals surface area contributed by atoms with Gasteiger partial charge in [0.2, 0.25) is 0 Å². The number of oxime groups is 1. The van der Waals surface area contributed by atoms with Crippen LogP contribution in [0.2, 0.25) is 5.02 Å². The molecule has 1 fully saturated rings. The van der Waals surface area contributed by atoms with Crippen LogP contribution in [0.25, 0.3) is 0 Å². The third kappa shape index (κ3) is 3.74. The van der Waals surface area contributed by atoms with Crippen LogP contribution in [0.5, 0.6) is 5.75 Å². The number of rotatable bonds is 7. The summed E-state index contributed by atoms with van der Waals surface area (Å²) in [4.78, 5) is 23.0. The highest BCUT2D eigenvalue weighted by Gasteiger charge is 2.41. The minimum Gasteiger partial charge on any atom is -0.378 e. The summed E-state index contributed by atoms with van der Waals surface area (Å²) in [6.45, 7) is 0.771. The number of aryl methyl sites for hydroxylation is 1. The second kappa shape index (κ2) is 7.91. The minimum atomic E-state index is -1.12. The maximum Gasteiger partial charge on any atom is 0.273 e.